The first-order valence-electron chi connectivity index (χ1n) is 3.65. The molecule has 0 amide bonds. The van der Waals surface area contributed by atoms with Crippen molar-refractivity contribution in [2.45, 2.75) is 6.42 Å². The minimum atomic E-state index is 0.0249. The molecule has 2 rings (SSSR count). The van der Waals surface area contributed by atoms with Gasteiger partial charge >= 0.3 is 0 Å². The Morgan fingerprint density at radius 1 is 1.42 bits per heavy atom. The molecule has 0 unspecified atom stereocenters. The molecule has 12 heavy (non-hydrogen) atoms. The van der Waals surface area contributed by atoms with Crippen LogP contribution >= 0.6 is 0 Å². The van der Waals surface area contributed by atoms with Gasteiger partial charge in [-0.3, -0.25) is 10.2 Å². The van der Waals surface area contributed by atoms with Gasteiger partial charge in [0.25, 0.3) is 0 Å². The maximum atomic E-state index is 10.9. The van der Waals surface area contributed by atoms with E-state index in [9.17, 15) is 4.79 Å². The van der Waals surface area contributed by atoms with E-state index in [2.05, 4.69) is 0 Å². The first kappa shape index (κ1) is 7.03. The van der Waals surface area contributed by atoms with Crippen molar-refractivity contribution in [1.82, 2.24) is 0 Å². The third-order valence-electron chi connectivity index (χ3n) is 1.73. The number of hydrogen-bond donors (Lipinski definition) is 1. The van der Waals surface area contributed by atoms with Crippen molar-refractivity contribution in [2.75, 3.05) is 0 Å². The Morgan fingerprint density at radius 3 is 3.08 bits per heavy atom. The first-order chi connectivity index (χ1) is 5.75. The predicted octanol–water partition coefficient (Wildman–Crippen LogP) is -0.707. The zero-order chi connectivity index (χ0) is 8.55. The Balaban J connectivity index is 2.90. The molecule has 1 N–H and O–H groups in total. The molecule has 1 aromatic heterocycles. The highest BCUT2D eigenvalue weighted by atomic mass is 16.3. The summed E-state index contributed by atoms with van der Waals surface area (Å²) >= 11 is 0. The van der Waals surface area contributed by atoms with Gasteiger partial charge in [0.05, 0.1) is 0 Å². The summed E-state index contributed by atoms with van der Waals surface area (Å²) in [7, 11) is 0. The van der Waals surface area contributed by atoms with E-state index in [0.717, 1.165) is 5.22 Å². The lowest BCUT2D eigenvalue weighted by molar-refractivity contribution is -0.112. The molecule has 0 radical (unpaired) electrons. The Kier molecular flexibility index (Phi) is 1.43. The molecule has 0 atom stereocenters. The zero-order valence-corrected chi connectivity index (χ0v) is 6.33. The molecule has 1 aliphatic carbocycles. The van der Waals surface area contributed by atoms with Crippen LogP contribution in [0.5, 0.6) is 0 Å². The van der Waals surface area contributed by atoms with Crippen molar-refractivity contribution in [2.24, 2.45) is 0 Å². The topological polar surface area (TPSA) is 54.1 Å². The smallest absolute Gasteiger partial charge is 0.211 e. The van der Waals surface area contributed by atoms with E-state index >= 15 is 0 Å². The van der Waals surface area contributed by atoms with Crippen LogP contribution in [-0.2, 0) is 4.79 Å². The maximum absolute atomic E-state index is 10.9. The zero-order valence-electron chi connectivity index (χ0n) is 6.33. The van der Waals surface area contributed by atoms with Crippen LogP contribution in [0, 0.1) is 5.41 Å². The highest BCUT2D eigenvalue weighted by Gasteiger charge is 2.01. The van der Waals surface area contributed by atoms with Crippen LogP contribution in [0.4, 0.5) is 0 Å². The highest BCUT2D eigenvalue weighted by molar-refractivity contribution is 6.08. The van der Waals surface area contributed by atoms with Crippen molar-refractivity contribution in [3.05, 3.63) is 28.3 Å². The molecular weight excluding hydrogens is 154 g/mol. The summed E-state index contributed by atoms with van der Waals surface area (Å²) in [6, 6.07) is 3.35. The van der Waals surface area contributed by atoms with Crippen molar-refractivity contribution >= 4 is 17.9 Å². The van der Waals surface area contributed by atoms with Gasteiger partial charge in [-0.05, 0) is 6.07 Å². The molecular formula is C9H7NO2. The summed E-state index contributed by atoms with van der Waals surface area (Å²) in [4.78, 5) is 10.9. The van der Waals surface area contributed by atoms with Crippen LogP contribution < -0.4 is 16.2 Å². The summed E-state index contributed by atoms with van der Waals surface area (Å²) in [5.41, 5.74) is 0.576. The average Bonchev–Trinajstić information content (AvgIpc) is 2.03. The Morgan fingerprint density at radius 2 is 2.25 bits per heavy atom. The SMILES string of the molecule is N=c1ccc2c(o1)=CC(=O)CC=2. The van der Waals surface area contributed by atoms with Crippen molar-refractivity contribution < 1.29 is 9.21 Å². The number of rotatable bonds is 0. The largest absolute Gasteiger partial charge is 0.439 e. The number of ketones is 1. The summed E-state index contributed by atoms with van der Waals surface area (Å²) in [5.74, 6) is 0.0249. The number of carbonyl (C=O) groups excluding carboxylic acids is 1. The van der Waals surface area contributed by atoms with Crippen LogP contribution in [0.15, 0.2) is 16.5 Å². The minimum Gasteiger partial charge on any atom is -0.439 e. The summed E-state index contributed by atoms with van der Waals surface area (Å²) in [5, 5.41) is 8.08. The number of nitrogens with one attached hydrogen (secondary N) is 1. The van der Waals surface area contributed by atoms with Crippen LogP contribution in [0.25, 0.3) is 12.2 Å². The molecule has 60 valence electrons. The molecule has 0 bridgehead atoms. The molecule has 0 saturated carbocycles. The van der Waals surface area contributed by atoms with Crippen LogP contribution in [0.1, 0.15) is 6.42 Å². The standard InChI is InChI=1S/C9H7NO2/c10-9-4-2-6-1-3-7(11)5-8(6)12-9/h1-2,4-5,10H,3H2. The fourth-order valence-electron chi connectivity index (χ4n) is 1.16. The molecule has 0 spiro atoms. The molecule has 0 aromatic carbocycles. The van der Waals surface area contributed by atoms with E-state index in [0.29, 0.717) is 11.8 Å². The third-order valence-corrected chi connectivity index (χ3v) is 1.73. The van der Waals surface area contributed by atoms with Crippen molar-refractivity contribution in [1.29, 1.82) is 5.41 Å². The predicted molar refractivity (Wildman–Crippen MR) is 42.4 cm³/mol. The molecule has 1 aliphatic rings. The van der Waals surface area contributed by atoms with E-state index in [1.165, 1.54) is 6.08 Å². The Labute approximate surface area is 68.2 Å². The monoisotopic (exact) mass is 161 g/mol. The molecule has 1 heterocycles. The molecule has 3 nitrogen and oxygen atoms in total. The second kappa shape index (κ2) is 2.44. The Bertz CT molecular complexity index is 496. The lowest BCUT2D eigenvalue weighted by Crippen LogP contribution is -2.32. The van der Waals surface area contributed by atoms with E-state index in [4.69, 9.17) is 9.83 Å². The third kappa shape index (κ3) is 1.09. The van der Waals surface area contributed by atoms with E-state index < -0.39 is 0 Å². The Hall–Kier alpha value is -1.64. The van der Waals surface area contributed by atoms with Crippen LogP contribution in [0.3, 0.4) is 0 Å². The molecule has 0 aliphatic heterocycles. The second-order valence-corrected chi connectivity index (χ2v) is 2.64. The van der Waals surface area contributed by atoms with Gasteiger partial charge in [-0.1, -0.05) is 6.08 Å². The first-order valence-corrected chi connectivity index (χ1v) is 3.65. The van der Waals surface area contributed by atoms with Crippen LogP contribution in [0.2, 0.25) is 0 Å². The quantitative estimate of drug-likeness (QED) is 0.546. The van der Waals surface area contributed by atoms with E-state index in [1.807, 2.05) is 0 Å². The normalized spacial score (nSPS) is 14.5. The average molecular weight is 161 g/mol. The van der Waals surface area contributed by atoms with Gasteiger partial charge in [0.15, 0.2) is 5.78 Å². The molecule has 0 fully saturated rings. The molecule has 0 saturated heterocycles. The van der Waals surface area contributed by atoms with Gasteiger partial charge < -0.3 is 4.42 Å². The second-order valence-electron chi connectivity index (χ2n) is 2.64. The summed E-state index contributed by atoms with van der Waals surface area (Å²) in [6.07, 6.45) is 3.67. The maximum Gasteiger partial charge on any atom is 0.211 e. The highest BCUT2D eigenvalue weighted by Crippen LogP contribution is 1.88. The van der Waals surface area contributed by atoms with E-state index in [1.54, 1.807) is 18.2 Å². The van der Waals surface area contributed by atoms with Crippen molar-refractivity contribution in [3.8, 4) is 0 Å². The fraction of sp³-hybridized carbons (Fsp3) is 0.111. The van der Waals surface area contributed by atoms with Gasteiger partial charge in [0, 0.05) is 23.8 Å². The van der Waals surface area contributed by atoms with Gasteiger partial charge in [0.2, 0.25) is 5.55 Å². The summed E-state index contributed by atoms with van der Waals surface area (Å²) < 4.78 is 5.03. The summed E-state index contributed by atoms with van der Waals surface area (Å²) in [6.45, 7) is 0. The van der Waals surface area contributed by atoms with Crippen molar-refractivity contribution in [3.63, 3.8) is 0 Å². The minimum absolute atomic E-state index is 0.0249. The number of carbonyl (C=O) groups is 1. The number of Topliss-reactive ketones (excluding diaryl/α,β-unsaturated/α-hetero) is 1. The number of fused-ring (bicyclic) bond motifs is 1. The lowest BCUT2D eigenvalue weighted by atomic mass is 10.1. The van der Waals surface area contributed by atoms with E-state index in [-0.39, 0.29) is 11.3 Å². The lowest BCUT2D eigenvalue weighted by Gasteiger charge is -1.96. The van der Waals surface area contributed by atoms with Crippen LogP contribution in [-0.4, -0.2) is 5.78 Å². The van der Waals surface area contributed by atoms with Gasteiger partial charge in [-0.2, -0.15) is 0 Å². The number of hydrogen-bond acceptors (Lipinski definition) is 3. The van der Waals surface area contributed by atoms with Gasteiger partial charge in [-0.25, -0.2) is 0 Å². The van der Waals surface area contributed by atoms with Gasteiger partial charge in [-0.15, -0.1) is 0 Å². The van der Waals surface area contributed by atoms with Gasteiger partial charge in [0.1, 0.15) is 5.42 Å². The molecule has 3 heteroatoms. The molecule has 1 aromatic rings. The fourth-order valence-corrected chi connectivity index (χ4v) is 1.16.